The highest BCUT2D eigenvalue weighted by Crippen LogP contribution is 2.21. The molecular formula is C15H17N3O. The van der Waals surface area contributed by atoms with Gasteiger partial charge in [0.1, 0.15) is 12.7 Å². The molecule has 2 rings (SSSR count). The van der Waals surface area contributed by atoms with Crippen molar-refractivity contribution in [1.29, 1.82) is 0 Å². The molecule has 0 unspecified atom stereocenters. The third kappa shape index (κ3) is 3.16. The fourth-order valence-corrected chi connectivity index (χ4v) is 1.56. The largest absolute Gasteiger partial charge is 0.294 e. The van der Waals surface area contributed by atoms with Crippen molar-refractivity contribution in [2.45, 2.75) is 20.8 Å². The third-order valence-electron chi connectivity index (χ3n) is 2.74. The number of allylic oxidation sites excluding steroid dienone is 1. The first kappa shape index (κ1) is 13.2. The lowest BCUT2D eigenvalue weighted by atomic mass is 9.90. The van der Waals surface area contributed by atoms with Crippen molar-refractivity contribution in [2.75, 3.05) is 0 Å². The second kappa shape index (κ2) is 5.18. The number of carbonyl (C=O) groups is 1. The van der Waals surface area contributed by atoms with E-state index in [1.165, 1.54) is 6.33 Å². The maximum absolute atomic E-state index is 12.2. The Kier molecular flexibility index (Phi) is 3.60. The smallest absolute Gasteiger partial charge is 0.163 e. The van der Waals surface area contributed by atoms with Crippen LogP contribution in [0.4, 0.5) is 0 Å². The van der Waals surface area contributed by atoms with Crippen molar-refractivity contribution in [3.63, 3.8) is 0 Å². The van der Waals surface area contributed by atoms with E-state index in [2.05, 4.69) is 10.1 Å². The number of carbonyl (C=O) groups excluding carboxylic acids is 1. The third-order valence-corrected chi connectivity index (χ3v) is 2.74. The van der Waals surface area contributed by atoms with E-state index in [-0.39, 0.29) is 5.78 Å². The molecule has 4 heteroatoms. The minimum Gasteiger partial charge on any atom is -0.294 e. The molecule has 0 spiro atoms. The molecule has 1 aromatic carbocycles. The van der Waals surface area contributed by atoms with Gasteiger partial charge in [-0.3, -0.25) is 4.79 Å². The fraction of sp³-hybridized carbons (Fsp3) is 0.267. The van der Waals surface area contributed by atoms with Crippen molar-refractivity contribution < 1.29 is 4.79 Å². The zero-order valence-corrected chi connectivity index (χ0v) is 11.4. The fourth-order valence-electron chi connectivity index (χ4n) is 1.56. The van der Waals surface area contributed by atoms with E-state index in [0.29, 0.717) is 0 Å². The van der Waals surface area contributed by atoms with Gasteiger partial charge in [0.15, 0.2) is 5.78 Å². The van der Waals surface area contributed by atoms with E-state index < -0.39 is 5.41 Å². The molecule has 0 atom stereocenters. The predicted molar refractivity (Wildman–Crippen MR) is 74.3 cm³/mol. The Labute approximate surface area is 112 Å². The highest BCUT2D eigenvalue weighted by Gasteiger charge is 2.20. The number of hydrogen-bond donors (Lipinski definition) is 0. The molecule has 19 heavy (non-hydrogen) atoms. The standard InChI is InChI=1S/C15H17N3O/c1-15(2,3)14(19)9-13(18-11-16-10-17-18)12-7-5-4-6-8-12/h4-11H,1-3H3/b13-9-. The van der Waals surface area contributed by atoms with Crippen molar-refractivity contribution in [3.8, 4) is 0 Å². The van der Waals surface area contributed by atoms with E-state index in [1.807, 2.05) is 51.1 Å². The number of nitrogens with zero attached hydrogens (tertiary/aromatic N) is 3. The highest BCUT2D eigenvalue weighted by atomic mass is 16.1. The maximum atomic E-state index is 12.2. The summed E-state index contributed by atoms with van der Waals surface area (Å²) in [6.45, 7) is 5.70. The summed E-state index contributed by atoms with van der Waals surface area (Å²) in [6, 6.07) is 9.70. The monoisotopic (exact) mass is 255 g/mol. The van der Waals surface area contributed by atoms with Gasteiger partial charge in [0.25, 0.3) is 0 Å². The second-order valence-electron chi connectivity index (χ2n) is 5.35. The molecule has 1 heterocycles. The molecule has 0 saturated carbocycles. The van der Waals surface area contributed by atoms with Gasteiger partial charge >= 0.3 is 0 Å². The lowest BCUT2D eigenvalue weighted by Crippen LogP contribution is -2.18. The van der Waals surface area contributed by atoms with E-state index >= 15 is 0 Å². The van der Waals surface area contributed by atoms with Crippen LogP contribution in [-0.2, 0) is 4.79 Å². The lowest BCUT2D eigenvalue weighted by Gasteiger charge is -2.15. The van der Waals surface area contributed by atoms with Gasteiger partial charge in [-0.25, -0.2) is 9.67 Å². The van der Waals surface area contributed by atoms with Crippen molar-refractivity contribution >= 4 is 11.5 Å². The first-order chi connectivity index (χ1) is 8.98. The maximum Gasteiger partial charge on any atom is 0.163 e. The van der Waals surface area contributed by atoms with Crippen LogP contribution in [0.2, 0.25) is 0 Å². The molecule has 0 aliphatic heterocycles. The van der Waals surface area contributed by atoms with Gasteiger partial charge in [0.05, 0.1) is 5.70 Å². The van der Waals surface area contributed by atoms with Gasteiger partial charge in [-0.2, -0.15) is 5.10 Å². The molecule has 2 aromatic rings. The lowest BCUT2D eigenvalue weighted by molar-refractivity contribution is -0.121. The molecule has 0 aliphatic carbocycles. The minimum absolute atomic E-state index is 0.0573. The summed E-state index contributed by atoms with van der Waals surface area (Å²) < 4.78 is 1.61. The van der Waals surface area contributed by atoms with Crippen molar-refractivity contribution in [2.24, 2.45) is 5.41 Å². The molecule has 4 nitrogen and oxygen atoms in total. The number of ketones is 1. The summed E-state index contributed by atoms with van der Waals surface area (Å²) in [5, 5.41) is 4.11. The van der Waals surface area contributed by atoms with E-state index in [1.54, 1.807) is 17.1 Å². The van der Waals surface area contributed by atoms with Crippen LogP contribution in [0.3, 0.4) is 0 Å². The van der Waals surface area contributed by atoms with Crippen LogP contribution in [0.5, 0.6) is 0 Å². The molecule has 0 bridgehead atoms. The number of aromatic nitrogens is 3. The van der Waals surface area contributed by atoms with Gasteiger partial charge in [0, 0.05) is 17.1 Å². The van der Waals surface area contributed by atoms with Crippen LogP contribution in [0, 0.1) is 5.41 Å². The van der Waals surface area contributed by atoms with Crippen LogP contribution in [0.1, 0.15) is 26.3 Å². The Hall–Kier alpha value is -2.23. The molecule has 0 fully saturated rings. The Morgan fingerprint density at radius 2 is 1.89 bits per heavy atom. The topological polar surface area (TPSA) is 47.8 Å². The summed E-state index contributed by atoms with van der Waals surface area (Å²) >= 11 is 0. The van der Waals surface area contributed by atoms with Crippen LogP contribution in [-0.4, -0.2) is 20.5 Å². The Morgan fingerprint density at radius 1 is 1.21 bits per heavy atom. The Balaban J connectivity index is 2.48. The SMILES string of the molecule is CC(C)(C)C(=O)/C=C(/c1ccccc1)n1cncn1. The Bertz CT molecular complexity index is 578. The van der Waals surface area contributed by atoms with E-state index in [4.69, 9.17) is 0 Å². The minimum atomic E-state index is -0.416. The van der Waals surface area contributed by atoms with Gasteiger partial charge in [-0.1, -0.05) is 51.1 Å². The molecule has 98 valence electrons. The van der Waals surface area contributed by atoms with Gasteiger partial charge in [-0.05, 0) is 0 Å². The molecule has 0 radical (unpaired) electrons. The van der Waals surface area contributed by atoms with E-state index in [0.717, 1.165) is 11.3 Å². The number of hydrogen-bond acceptors (Lipinski definition) is 3. The summed E-state index contributed by atoms with van der Waals surface area (Å²) in [7, 11) is 0. The summed E-state index contributed by atoms with van der Waals surface area (Å²) in [6.07, 6.45) is 4.68. The molecule has 0 saturated heterocycles. The zero-order valence-electron chi connectivity index (χ0n) is 11.4. The summed E-state index contributed by atoms with van der Waals surface area (Å²) in [5.74, 6) is 0.0573. The van der Waals surface area contributed by atoms with Gasteiger partial charge < -0.3 is 0 Å². The van der Waals surface area contributed by atoms with Gasteiger partial charge in [-0.15, -0.1) is 0 Å². The van der Waals surface area contributed by atoms with Crippen LogP contribution in [0.15, 0.2) is 49.1 Å². The molecule has 1 aromatic heterocycles. The molecule has 0 aliphatic rings. The highest BCUT2D eigenvalue weighted by molar-refractivity contribution is 5.99. The predicted octanol–water partition coefficient (Wildman–Crippen LogP) is 2.78. The van der Waals surface area contributed by atoms with Crippen molar-refractivity contribution in [1.82, 2.24) is 14.8 Å². The first-order valence-corrected chi connectivity index (χ1v) is 6.15. The number of rotatable bonds is 3. The van der Waals surface area contributed by atoms with Gasteiger partial charge in [0.2, 0.25) is 0 Å². The zero-order chi connectivity index (χ0) is 13.9. The summed E-state index contributed by atoms with van der Waals surface area (Å²) in [5.41, 5.74) is 1.25. The second-order valence-corrected chi connectivity index (χ2v) is 5.35. The van der Waals surface area contributed by atoms with Crippen LogP contribution < -0.4 is 0 Å². The van der Waals surface area contributed by atoms with Crippen molar-refractivity contribution in [3.05, 3.63) is 54.6 Å². The quantitative estimate of drug-likeness (QED) is 0.792. The summed E-state index contributed by atoms with van der Waals surface area (Å²) in [4.78, 5) is 16.1. The first-order valence-electron chi connectivity index (χ1n) is 6.15. The Morgan fingerprint density at radius 3 is 2.42 bits per heavy atom. The van der Waals surface area contributed by atoms with Crippen LogP contribution >= 0.6 is 0 Å². The molecule has 0 N–H and O–H groups in total. The van der Waals surface area contributed by atoms with E-state index in [9.17, 15) is 4.79 Å². The molecule has 0 amide bonds. The normalized spacial score (nSPS) is 12.5. The molecular weight excluding hydrogens is 238 g/mol. The van der Waals surface area contributed by atoms with Crippen LogP contribution in [0.25, 0.3) is 5.70 Å². The average molecular weight is 255 g/mol. The average Bonchev–Trinajstić information content (AvgIpc) is 2.89. The number of benzene rings is 1.